The fourth-order valence-electron chi connectivity index (χ4n) is 1.55. The highest BCUT2D eigenvalue weighted by Crippen LogP contribution is 2.26. The fraction of sp³-hybridized carbons (Fsp3) is 0. The quantitative estimate of drug-likeness (QED) is 0.862. The first-order chi connectivity index (χ1) is 9.79. The van der Waals surface area contributed by atoms with Crippen LogP contribution in [0.2, 0.25) is 0 Å². The SMILES string of the molecule is O=C(O)c1ccc(NS(=O)(=O)c2ccc(F)cc2)c(Br)c1. The summed E-state index contributed by atoms with van der Waals surface area (Å²) >= 11 is 3.10. The van der Waals surface area contributed by atoms with Crippen molar-refractivity contribution in [1.29, 1.82) is 0 Å². The number of carbonyl (C=O) groups is 1. The van der Waals surface area contributed by atoms with Crippen molar-refractivity contribution in [3.8, 4) is 0 Å². The number of rotatable bonds is 4. The van der Waals surface area contributed by atoms with Gasteiger partial charge >= 0.3 is 5.97 Å². The molecule has 0 radical (unpaired) electrons. The zero-order valence-electron chi connectivity index (χ0n) is 10.4. The topological polar surface area (TPSA) is 83.5 Å². The number of benzene rings is 2. The number of anilines is 1. The number of aromatic carboxylic acids is 1. The minimum Gasteiger partial charge on any atom is -0.478 e. The molecule has 8 heteroatoms. The minimum atomic E-state index is -3.88. The lowest BCUT2D eigenvalue weighted by Crippen LogP contribution is -2.13. The molecule has 21 heavy (non-hydrogen) atoms. The number of hydrogen-bond acceptors (Lipinski definition) is 3. The molecular weight excluding hydrogens is 365 g/mol. The van der Waals surface area contributed by atoms with E-state index in [1.54, 1.807) is 0 Å². The molecule has 0 amide bonds. The Morgan fingerprint density at radius 2 is 1.76 bits per heavy atom. The van der Waals surface area contributed by atoms with Crippen LogP contribution < -0.4 is 4.72 Å². The maximum atomic E-state index is 12.8. The summed E-state index contributed by atoms with van der Waals surface area (Å²) < 4.78 is 39.6. The molecule has 0 aliphatic rings. The molecule has 0 aliphatic carbocycles. The lowest BCUT2D eigenvalue weighted by Gasteiger charge is -2.10. The molecule has 2 N–H and O–H groups in total. The maximum absolute atomic E-state index is 12.8. The first-order valence-corrected chi connectivity index (χ1v) is 7.88. The molecule has 0 aromatic heterocycles. The third-order valence-corrected chi connectivity index (χ3v) is 4.62. The molecule has 2 aromatic carbocycles. The Balaban J connectivity index is 2.32. The average Bonchev–Trinajstić information content (AvgIpc) is 2.41. The predicted molar refractivity (Wildman–Crippen MR) is 78.3 cm³/mol. The molecule has 0 spiro atoms. The van der Waals surface area contributed by atoms with E-state index in [4.69, 9.17) is 5.11 Å². The van der Waals surface area contributed by atoms with Crippen LogP contribution in [0.3, 0.4) is 0 Å². The van der Waals surface area contributed by atoms with E-state index in [9.17, 15) is 17.6 Å². The van der Waals surface area contributed by atoms with Crippen LogP contribution in [0, 0.1) is 5.82 Å². The van der Waals surface area contributed by atoms with Crippen LogP contribution in [-0.4, -0.2) is 19.5 Å². The second-order valence-electron chi connectivity index (χ2n) is 4.06. The maximum Gasteiger partial charge on any atom is 0.335 e. The predicted octanol–water partition coefficient (Wildman–Crippen LogP) is 3.09. The number of hydrogen-bond donors (Lipinski definition) is 2. The molecule has 0 heterocycles. The Hall–Kier alpha value is -1.93. The van der Waals surface area contributed by atoms with Crippen LogP contribution in [0.1, 0.15) is 10.4 Å². The van der Waals surface area contributed by atoms with Gasteiger partial charge in [0.25, 0.3) is 10.0 Å². The third-order valence-electron chi connectivity index (χ3n) is 2.58. The smallest absolute Gasteiger partial charge is 0.335 e. The van der Waals surface area contributed by atoms with Gasteiger partial charge in [0.15, 0.2) is 0 Å². The number of halogens is 2. The van der Waals surface area contributed by atoms with E-state index < -0.39 is 21.8 Å². The van der Waals surface area contributed by atoms with Gasteiger partial charge in [-0.15, -0.1) is 0 Å². The number of carboxylic acids is 1. The van der Waals surface area contributed by atoms with Gasteiger partial charge in [0.05, 0.1) is 16.1 Å². The Morgan fingerprint density at radius 3 is 2.29 bits per heavy atom. The second-order valence-corrected chi connectivity index (χ2v) is 6.60. The van der Waals surface area contributed by atoms with Gasteiger partial charge in [0.1, 0.15) is 5.82 Å². The van der Waals surface area contributed by atoms with Crippen molar-refractivity contribution in [3.05, 3.63) is 58.3 Å². The molecule has 2 aromatic rings. The van der Waals surface area contributed by atoms with Crippen LogP contribution in [-0.2, 0) is 10.0 Å². The highest BCUT2D eigenvalue weighted by atomic mass is 79.9. The largest absolute Gasteiger partial charge is 0.478 e. The van der Waals surface area contributed by atoms with Crippen molar-refractivity contribution < 1.29 is 22.7 Å². The zero-order chi connectivity index (χ0) is 15.6. The van der Waals surface area contributed by atoms with Crippen LogP contribution in [0.25, 0.3) is 0 Å². The minimum absolute atomic E-state index is 0.0200. The summed E-state index contributed by atoms with van der Waals surface area (Å²) in [6, 6.07) is 8.23. The third kappa shape index (κ3) is 3.59. The van der Waals surface area contributed by atoms with Gasteiger partial charge in [0.2, 0.25) is 0 Å². The molecule has 5 nitrogen and oxygen atoms in total. The van der Waals surface area contributed by atoms with E-state index in [2.05, 4.69) is 20.7 Å². The summed E-state index contributed by atoms with van der Waals surface area (Å²) in [6.07, 6.45) is 0. The Morgan fingerprint density at radius 1 is 1.14 bits per heavy atom. The molecule has 0 fully saturated rings. The second kappa shape index (κ2) is 5.82. The molecule has 110 valence electrons. The monoisotopic (exact) mass is 373 g/mol. The van der Waals surface area contributed by atoms with Gasteiger partial charge in [-0.1, -0.05) is 0 Å². The lowest BCUT2D eigenvalue weighted by molar-refractivity contribution is 0.0697. The number of sulfonamides is 1. The molecule has 0 saturated carbocycles. The first kappa shape index (κ1) is 15.5. The van der Waals surface area contributed by atoms with Crippen molar-refractivity contribution in [3.63, 3.8) is 0 Å². The fourth-order valence-corrected chi connectivity index (χ4v) is 3.24. The average molecular weight is 374 g/mol. The van der Waals surface area contributed by atoms with Gasteiger partial charge in [-0.2, -0.15) is 0 Å². The van der Waals surface area contributed by atoms with Crippen LogP contribution >= 0.6 is 15.9 Å². The Labute approximate surface area is 128 Å². The molecule has 0 bridgehead atoms. The molecule has 0 unspecified atom stereocenters. The van der Waals surface area contributed by atoms with E-state index in [0.717, 1.165) is 24.3 Å². The van der Waals surface area contributed by atoms with Gasteiger partial charge in [-0.05, 0) is 58.4 Å². The Bertz CT molecular complexity index is 790. The van der Waals surface area contributed by atoms with E-state index >= 15 is 0 Å². The summed E-state index contributed by atoms with van der Waals surface area (Å²) in [5.41, 5.74) is 0.205. The summed E-state index contributed by atoms with van der Waals surface area (Å²) in [6.45, 7) is 0. The first-order valence-electron chi connectivity index (χ1n) is 5.61. The summed E-state index contributed by atoms with van der Waals surface area (Å²) in [5, 5.41) is 8.84. The van der Waals surface area contributed by atoms with Crippen LogP contribution in [0.4, 0.5) is 10.1 Å². The van der Waals surface area contributed by atoms with E-state index in [1.165, 1.54) is 18.2 Å². The number of carboxylic acid groups (broad SMARTS) is 1. The van der Waals surface area contributed by atoms with E-state index in [0.29, 0.717) is 0 Å². The van der Waals surface area contributed by atoms with Crippen molar-refractivity contribution in [2.24, 2.45) is 0 Å². The van der Waals surface area contributed by atoms with Gasteiger partial charge in [-0.3, -0.25) is 4.72 Å². The van der Waals surface area contributed by atoms with Crippen molar-refractivity contribution in [1.82, 2.24) is 0 Å². The molecule has 0 saturated heterocycles. The van der Waals surface area contributed by atoms with Gasteiger partial charge < -0.3 is 5.11 Å². The van der Waals surface area contributed by atoms with Crippen LogP contribution in [0.5, 0.6) is 0 Å². The van der Waals surface area contributed by atoms with Gasteiger partial charge in [-0.25, -0.2) is 17.6 Å². The lowest BCUT2D eigenvalue weighted by atomic mass is 10.2. The molecule has 0 atom stereocenters. The normalized spacial score (nSPS) is 11.1. The summed E-state index contributed by atoms with van der Waals surface area (Å²) in [7, 11) is -3.88. The zero-order valence-corrected chi connectivity index (χ0v) is 12.8. The van der Waals surface area contributed by atoms with Crippen molar-refractivity contribution in [2.75, 3.05) is 4.72 Å². The standard InChI is InChI=1S/C13H9BrFNO4S/c14-11-7-8(13(17)18)1-6-12(11)16-21(19,20)10-4-2-9(15)3-5-10/h1-7,16H,(H,17,18). The van der Waals surface area contributed by atoms with Gasteiger partial charge in [0, 0.05) is 4.47 Å². The summed E-state index contributed by atoms with van der Waals surface area (Å²) in [4.78, 5) is 10.7. The summed E-state index contributed by atoms with van der Waals surface area (Å²) in [5.74, 6) is -1.66. The van der Waals surface area contributed by atoms with E-state index in [-0.39, 0.29) is 20.6 Å². The highest BCUT2D eigenvalue weighted by Gasteiger charge is 2.16. The molecular formula is C13H9BrFNO4S. The van der Waals surface area contributed by atoms with Crippen molar-refractivity contribution >= 4 is 37.6 Å². The van der Waals surface area contributed by atoms with E-state index in [1.807, 2.05) is 0 Å². The number of nitrogens with one attached hydrogen (secondary N) is 1. The highest BCUT2D eigenvalue weighted by molar-refractivity contribution is 9.10. The molecule has 2 rings (SSSR count). The Kier molecular flexibility index (Phi) is 4.29. The molecule has 0 aliphatic heterocycles. The van der Waals surface area contributed by atoms with Crippen molar-refractivity contribution in [2.45, 2.75) is 4.90 Å². The van der Waals surface area contributed by atoms with Crippen LogP contribution in [0.15, 0.2) is 51.8 Å².